The van der Waals surface area contributed by atoms with Gasteiger partial charge in [-0.1, -0.05) is 0 Å². The minimum atomic E-state index is -0.205. The van der Waals surface area contributed by atoms with Crippen molar-refractivity contribution in [3.05, 3.63) is 29.6 Å². The number of piperazine rings is 1. The molecule has 0 spiro atoms. The van der Waals surface area contributed by atoms with Crippen LogP contribution in [0, 0.1) is 5.82 Å². The topological polar surface area (TPSA) is 35.6 Å². The smallest absolute Gasteiger partial charge is 0.219 e. The summed E-state index contributed by atoms with van der Waals surface area (Å²) >= 11 is 0. The lowest BCUT2D eigenvalue weighted by molar-refractivity contribution is -0.130. The molecule has 1 N–H and O–H groups in total. The molecule has 110 valence electrons. The van der Waals surface area contributed by atoms with Crippen LogP contribution in [0.3, 0.4) is 0 Å². The van der Waals surface area contributed by atoms with Crippen molar-refractivity contribution >= 4 is 11.6 Å². The predicted octanol–water partition coefficient (Wildman–Crippen LogP) is 1.92. The summed E-state index contributed by atoms with van der Waals surface area (Å²) in [5, 5.41) is 3.26. The number of hydrogen-bond donors (Lipinski definition) is 1. The van der Waals surface area contributed by atoms with Gasteiger partial charge in [0, 0.05) is 51.9 Å². The van der Waals surface area contributed by atoms with Crippen molar-refractivity contribution in [1.82, 2.24) is 9.80 Å². The van der Waals surface area contributed by atoms with Gasteiger partial charge in [0.2, 0.25) is 5.91 Å². The Hall–Kier alpha value is -1.62. The summed E-state index contributed by atoms with van der Waals surface area (Å²) in [4.78, 5) is 15.4. The van der Waals surface area contributed by atoms with E-state index in [1.807, 2.05) is 11.8 Å². The molecule has 20 heavy (non-hydrogen) atoms. The SMILES string of the molecule is CCNc1ccc(F)cc1CN1CCN(C(C)=O)CC1. The van der Waals surface area contributed by atoms with Crippen LogP contribution in [0.2, 0.25) is 0 Å². The van der Waals surface area contributed by atoms with E-state index in [4.69, 9.17) is 0 Å². The maximum absolute atomic E-state index is 13.4. The Morgan fingerprint density at radius 3 is 2.60 bits per heavy atom. The lowest BCUT2D eigenvalue weighted by Gasteiger charge is -2.34. The van der Waals surface area contributed by atoms with Crippen molar-refractivity contribution in [2.75, 3.05) is 38.0 Å². The van der Waals surface area contributed by atoms with Gasteiger partial charge in [0.1, 0.15) is 5.82 Å². The van der Waals surface area contributed by atoms with Gasteiger partial charge in [-0.25, -0.2) is 4.39 Å². The fraction of sp³-hybridized carbons (Fsp3) is 0.533. The Labute approximate surface area is 119 Å². The van der Waals surface area contributed by atoms with Crippen LogP contribution in [0.5, 0.6) is 0 Å². The van der Waals surface area contributed by atoms with Gasteiger partial charge in [-0.15, -0.1) is 0 Å². The van der Waals surface area contributed by atoms with Gasteiger partial charge in [0.05, 0.1) is 0 Å². The molecule has 4 nitrogen and oxygen atoms in total. The number of amides is 1. The second-order valence-corrected chi connectivity index (χ2v) is 5.11. The molecular weight excluding hydrogens is 257 g/mol. The van der Waals surface area contributed by atoms with Crippen molar-refractivity contribution in [3.63, 3.8) is 0 Å². The fourth-order valence-corrected chi connectivity index (χ4v) is 2.52. The molecule has 0 aliphatic carbocycles. The predicted molar refractivity (Wildman–Crippen MR) is 78.1 cm³/mol. The number of anilines is 1. The first kappa shape index (κ1) is 14.8. The summed E-state index contributed by atoms with van der Waals surface area (Å²) < 4.78 is 13.4. The van der Waals surface area contributed by atoms with Gasteiger partial charge >= 0.3 is 0 Å². The maximum atomic E-state index is 13.4. The van der Waals surface area contributed by atoms with Crippen LogP contribution in [-0.4, -0.2) is 48.4 Å². The van der Waals surface area contributed by atoms with E-state index < -0.39 is 0 Å². The Morgan fingerprint density at radius 1 is 1.30 bits per heavy atom. The molecule has 0 aromatic heterocycles. The first-order valence-corrected chi connectivity index (χ1v) is 7.10. The summed E-state index contributed by atoms with van der Waals surface area (Å²) in [6, 6.07) is 4.87. The van der Waals surface area contributed by atoms with Crippen LogP contribution in [0.4, 0.5) is 10.1 Å². The van der Waals surface area contributed by atoms with E-state index in [0.29, 0.717) is 6.54 Å². The summed E-state index contributed by atoms with van der Waals surface area (Å²) in [6.07, 6.45) is 0. The minimum absolute atomic E-state index is 0.128. The summed E-state index contributed by atoms with van der Waals surface area (Å²) in [5.74, 6) is -0.0761. The first-order valence-electron chi connectivity index (χ1n) is 7.10. The third kappa shape index (κ3) is 3.70. The molecule has 1 heterocycles. The highest BCUT2D eigenvalue weighted by Gasteiger charge is 2.19. The molecule has 0 atom stereocenters. The number of benzene rings is 1. The van der Waals surface area contributed by atoms with E-state index in [1.54, 1.807) is 19.1 Å². The average molecular weight is 279 g/mol. The number of rotatable bonds is 4. The van der Waals surface area contributed by atoms with E-state index in [0.717, 1.165) is 44.0 Å². The largest absolute Gasteiger partial charge is 0.385 e. The molecule has 0 radical (unpaired) electrons. The van der Waals surface area contributed by atoms with Gasteiger partial charge in [-0.2, -0.15) is 0 Å². The summed E-state index contributed by atoms with van der Waals surface area (Å²) in [5.41, 5.74) is 1.96. The molecule has 1 fully saturated rings. The summed E-state index contributed by atoms with van der Waals surface area (Å²) in [6.45, 7) is 8.33. The number of halogens is 1. The van der Waals surface area contributed by atoms with E-state index in [2.05, 4.69) is 10.2 Å². The van der Waals surface area contributed by atoms with Gasteiger partial charge < -0.3 is 10.2 Å². The van der Waals surface area contributed by atoms with Crippen molar-refractivity contribution < 1.29 is 9.18 Å². The summed E-state index contributed by atoms with van der Waals surface area (Å²) in [7, 11) is 0. The molecule has 0 unspecified atom stereocenters. The van der Waals surface area contributed by atoms with Gasteiger partial charge in [-0.05, 0) is 30.7 Å². The fourth-order valence-electron chi connectivity index (χ4n) is 2.52. The highest BCUT2D eigenvalue weighted by atomic mass is 19.1. The van der Waals surface area contributed by atoms with Crippen molar-refractivity contribution in [3.8, 4) is 0 Å². The second kappa shape index (κ2) is 6.70. The molecule has 1 aromatic carbocycles. The second-order valence-electron chi connectivity index (χ2n) is 5.11. The zero-order valence-corrected chi connectivity index (χ0v) is 12.2. The van der Waals surface area contributed by atoms with Gasteiger partial charge in [-0.3, -0.25) is 9.69 Å². The monoisotopic (exact) mass is 279 g/mol. The van der Waals surface area contributed by atoms with E-state index >= 15 is 0 Å². The number of carbonyl (C=O) groups is 1. The zero-order chi connectivity index (χ0) is 14.5. The Morgan fingerprint density at radius 2 is 2.00 bits per heavy atom. The van der Waals surface area contributed by atoms with Crippen molar-refractivity contribution in [2.45, 2.75) is 20.4 Å². The zero-order valence-electron chi connectivity index (χ0n) is 12.2. The molecule has 1 amide bonds. The van der Waals surface area contributed by atoms with Crippen LogP contribution in [0.15, 0.2) is 18.2 Å². The third-order valence-electron chi connectivity index (χ3n) is 3.65. The highest BCUT2D eigenvalue weighted by molar-refractivity contribution is 5.73. The number of nitrogens with one attached hydrogen (secondary N) is 1. The molecule has 1 saturated heterocycles. The Bertz CT molecular complexity index is 470. The normalized spacial score (nSPS) is 16.2. The molecule has 0 saturated carbocycles. The van der Waals surface area contributed by atoms with Gasteiger partial charge in [0.15, 0.2) is 0 Å². The minimum Gasteiger partial charge on any atom is -0.385 e. The van der Waals surface area contributed by atoms with Crippen molar-refractivity contribution in [2.24, 2.45) is 0 Å². The first-order chi connectivity index (χ1) is 9.60. The lowest BCUT2D eigenvalue weighted by atomic mass is 10.1. The Kier molecular flexibility index (Phi) is 4.95. The molecular formula is C15H22FN3O. The maximum Gasteiger partial charge on any atom is 0.219 e. The quantitative estimate of drug-likeness (QED) is 0.914. The van der Waals surface area contributed by atoms with Crippen LogP contribution in [-0.2, 0) is 11.3 Å². The van der Waals surface area contributed by atoms with E-state index in [1.165, 1.54) is 6.07 Å². The van der Waals surface area contributed by atoms with Crippen molar-refractivity contribution in [1.29, 1.82) is 0 Å². The van der Waals surface area contributed by atoms with E-state index in [-0.39, 0.29) is 11.7 Å². The molecule has 1 aliphatic heterocycles. The van der Waals surface area contributed by atoms with E-state index in [9.17, 15) is 9.18 Å². The molecule has 0 bridgehead atoms. The lowest BCUT2D eigenvalue weighted by Crippen LogP contribution is -2.47. The highest BCUT2D eigenvalue weighted by Crippen LogP contribution is 2.19. The number of carbonyl (C=O) groups excluding carboxylic acids is 1. The molecule has 2 rings (SSSR count). The molecule has 1 aliphatic rings. The van der Waals surface area contributed by atoms with Crippen LogP contribution in [0.25, 0.3) is 0 Å². The number of hydrogen-bond acceptors (Lipinski definition) is 3. The van der Waals surface area contributed by atoms with Crippen LogP contribution >= 0.6 is 0 Å². The molecule has 1 aromatic rings. The van der Waals surface area contributed by atoms with Crippen LogP contribution in [0.1, 0.15) is 19.4 Å². The number of nitrogens with zero attached hydrogens (tertiary/aromatic N) is 2. The Balaban J connectivity index is 2.00. The van der Waals surface area contributed by atoms with Crippen LogP contribution < -0.4 is 5.32 Å². The average Bonchev–Trinajstić information content (AvgIpc) is 2.42. The molecule has 5 heteroatoms. The third-order valence-corrected chi connectivity index (χ3v) is 3.65. The standard InChI is InChI=1S/C15H22FN3O/c1-3-17-15-5-4-14(16)10-13(15)11-18-6-8-19(9-7-18)12(2)20/h4-5,10,17H,3,6-9,11H2,1-2H3. The van der Waals surface area contributed by atoms with Gasteiger partial charge in [0.25, 0.3) is 0 Å².